The Bertz CT molecular complexity index is 1010. The molecule has 1 fully saturated rings. The average Bonchev–Trinajstić information content (AvgIpc) is 3.36. The van der Waals surface area contributed by atoms with Gasteiger partial charge < -0.3 is 14.8 Å². The van der Waals surface area contributed by atoms with Crippen LogP contribution < -0.4 is 10.9 Å². The Morgan fingerprint density at radius 1 is 1.33 bits per heavy atom. The highest BCUT2D eigenvalue weighted by Crippen LogP contribution is 2.19. The predicted octanol–water partition coefficient (Wildman–Crippen LogP) is 1.50. The molecule has 140 valence electrons. The van der Waals surface area contributed by atoms with E-state index in [9.17, 15) is 9.59 Å². The monoisotopic (exact) mass is 366 g/mol. The fourth-order valence-corrected chi connectivity index (χ4v) is 3.73. The third-order valence-corrected chi connectivity index (χ3v) is 5.14. The second-order valence-corrected chi connectivity index (χ2v) is 6.87. The number of para-hydroxylation sites is 1. The summed E-state index contributed by atoms with van der Waals surface area (Å²) in [5.41, 5.74) is 1.37. The average molecular weight is 366 g/mol. The number of hydrogen-bond donors (Lipinski definition) is 1. The van der Waals surface area contributed by atoms with E-state index >= 15 is 0 Å². The van der Waals surface area contributed by atoms with Crippen molar-refractivity contribution in [2.45, 2.75) is 32.0 Å². The summed E-state index contributed by atoms with van der Waals surface area (Å²) >= 11 is 0. The number of aromatic nitrogens is 4. The standard InChI is InChI=1S/C19H22N6O2/c1-23-17-7-3-2-5-14(17)11-15(18(23)26)12-20-19(27)25-9-4-6-16(25)13-24-10-8-21-22-24/h2-3,5,7-8,10-11,16H,4,6,9,12-13H2,1H3,(H,20,27)/t16-/m0/s1. The van der Waals surface area contributed by atoms with Crippen LogP contribution in [0.15, 0.2) is 47.5 Å². The first-order valence-corrected chi connectivity index (χ1v) is 9.09. The van der Waals surface area contributed by atoms with Crippen molar-refractivity contribution in [2.24, 2.45) is 7.05 Å². The maximum atomic E-state index is 12.7. The van der Waals surface area contributed by atoms with E-state index < -0.39 is 0 Å². The highest BCUT2D eigenvalue weighted by atomic mass is 16.2. The van der Waals surface area contributed by atoms with E-state index in [0.717, 1.165) is 23.7 Å². The van der Waals surface area contributed by atoms with Crippen LogP contribution in [-0.4, -0.2) is 43.1 Å². The Hall–Kier alpha value is -3.16. The zero-order valence-corrected chi connectivity index (χ0v) is 15.2. The quantitative estimate of drug-likeness (QED) is 0.758. The maximum Gasteiger partial charge on any atom is 0.317 e. The van der Waals surface area contributed by atoms with E-state index in [1.54, 1.807) is 28.7 Å². The molecule has 2 amide bonds. The van der Waals surface area contributed by atoms with E-state index in [-0.39, 0.29) is 24.2 Å². The lowest BCUT2D eigenvalue weighted by molar-refractivity contribution is 0.185. The summed E-state index contributed by atoms with van der Waals surface area (Å²) in [5, 5.41) is 11.7. The molecule has 27 heavy (non-hydrogen) atoms. The Morgan fingerprint density at radius 3 is 3.00 bits per heavy atom. The lowest BCUT2D eigenvalue weighted by atomic mass is 10.1. The topological polar surface area (TPSA) is 85.0 Å². The third kappa shape index (κ3) is 3.42. The molecule has 4 rings (SSSR count). The van der Waals surface area contributed by atoms with Gasteiger partial charge in [-0.3, -0.25) is 9.48 Å². The lowest BCUT2D eigenvalue weighted by Crippen LogP contribution is -2.44. The van der Waals surface area contributed by atoms with Crippen molar-refractivity contribution in [1.29, 1.82) is 0 Å². The largest absolute Gasteiger partial charge is 0.334 e. The minimum atomic E-state index is -0.146. The summed E-state index contributed by atoms with van der Waals surface area (Å²) in [6, 6.07) is 9.53. The predicted molar refractivity (Wildman–Crippen MR) is 101 cm³/mol. The first-order valence-electron chi connectivity index (χ1n) is 9.09. The molecule has 1 saturated heterocycles. The number of rotatable bonds is 4. The van der Waals surface area contributed by atoms with Gasteiger partial charge in [0.2, 0.25) is 0 Å². The van der Waals surface area contributed by atoms with E-state index in [2.05, 4.69) is 15.6 Å². The van der Waals surface area contributed by atoms with Crippen LogP contribution in [0.2, 0.25) is 0 Å². The van der Waals surface area contributed by atoms with Gasteiger partial charge in [0.1, 0.15) is 0 Å². The molecule has 2 aromatic heterocycles. The second kappa shape index (κ2) is 7.22. The minimum Gasteiger partial charge on any atom is -0.334 e. The van der Waals surface area contributed by atoms with E-state index in [0.29, 0.717) is 18.7 Å². The van der Waals surface area contributed by atoms with Crippen LogP contribution in [0.4, 0.5) is 4.79 Å². The first-order chi connectivity index (χ1) is 13.1. The van der Waals surface area contributed by atoms with Gasteiger partial charge in [0.25, 0.3) is 5.56 Å². The molecule has 8 heteroatoms. The number of carbonyl (C=O) groups excluding carboxylic acids is 1. The number of carbonyl (C=O) groups is 1. The van der Waals surface area contributed by atoms with Crippen molar-refractivity contribution in [2.75, 3.05) is 6.54 Å². The molecule has 1 atom stereocenters. The van der Waals surface area contributed by atoms with Gasteiger partial charge in [-0.25, -0.2) is 4.79 Å². The Balaban J connectivity index is 1.47. The Kier molecular flexibility index (Phi) is 4.62. The van der Waals surface area contributed by atoms with Gasteiger partial charge >= 0.3 is 6.03 Å². The molecule has 1 N–H and O–H groups in total. The molecule has 0 unspecified atom stereocenters. The number of hydrogen-bond acceptors (Lipinski definition) is 4. The molecule has 3 heterocycles. The van der Waals surface area contributed by atoms with Gasteiger partial charge in [-0.1, -0.05) is 23.4 Å². The van der Waals surface area contributed by atoms with Crippen LogP contribution in [0.1, 0.15) is 18.4 Å². The van der Waals surface area contributed by atoms with Crippen molar-refractivity contribution >= 4 is 16.9 Å². The van der Waals surface area contributed by atoms with Crippen LogP contribution in [0.25, 0.3) is 10.9 Å². The normalized spacial score (nSPS) is 16.8. The zero-order chi connectivity index (χ0) is 18.8. The number of amides is 2. The van der Waals surface area contributed by atoms with Crippen LogP contribution in [-0.2, 0) is 20.1 Å². The molecule has 1 aliphatic rings. The number of aryl methyl sites for hydroxylation is 1. The molecular formula is C19H22N6O2. The van der Waals surface area contributed by atoms with Crippen LogP contribution in [0.3, 0.4) is 0 Å². The molecule has 8 nitrogen and oxygen atoms in total. The number of urea groups is 1. The Morgan fingerprint density at radius 2 is 2.19 bits per heavy atom. The fraction of sp³-hybridized carbons (Fsp3) is 0.368. The fourth-order valence-electron chi connectivity index (χ4n) is 3.73. The molecule has 0 aliphatic carbocycles. The van der Waals surface area contributed by atoms with Gasteiger partial charge in [0, 0.05) is 31.9 Å². The van der Waals surface area contributed by atoms with E-state index in [1.807, 2.05) is 35.2 Å². The second-order valence-electron chi connectivity index (χ2n) is 6.87. The molecule has 0 radical (unpaired) electrons. The van der Waals surface area contributed by atoms with Gasteiger partial charge in [0.05, 0.1) is 24.3 Å². The van der Waals surface area contributed by atoms with Crippen molar-refractivity contribution < 1.29 is 4.79 Å². The highest BCUT2D eigenvalue weighted by Gasteiger charge is 2.29. The molecule has 0 saturated carbocycles. The summed E-state index contributed by atoms with van der Waals surface area (Å²) in [6.45, 7) is 1.55. The molecule has 1 aromatic carbocycles. The van der Waals surface area contributed by atoms with Gasteiger partial charge in [0.15, 0.2) is 0 Å². The third-order valence-electron chi connectivity index (χ3n) is 5.14. The summed E-state index contributed by atoms with van der Waals surface area (Å²) in [7, 11) is 1.75. The maximum absolute atomic E-state index is 12.7. The number of nitrogens with one attached hydrogen (secondary N) is 1. The highest BCUT2D eigenvalue weighted by molar-refractivity contribution is 5.80. The summed E-state index contributed by atoms with van der Waals surface area (Å²) in [4.78, 5) is 27.1. The summed E-state index contributed by atoms with van der Waals surface area (Å²) < 4.78 is 3.37. The van der Waals surface area contributed by atoms with Gasteiger partial charge in [-0.15, -0.1) is 5.10 Å². The molecule has 0 bridgehead atoms. The molecule has 1 aliphatic heterocycles. The van der Waals surface area contributed by atoms with Crippen molar-refractivity contribution in [3.63, 3.8) is 0 Å². The van der Waals surface area contributed by atoms with Crippen molar-refractivity contribution in [3.05, 3.63) is 58.6 Å². The molecule has 0 spiro atoms. The van der Waals surface area contributed by atoms with E-state index in [4.69, 9.17) is 0 Å². The number of fused-ring (bicyclic) bond motifs is 1. The minimum absolute atomic E-state index is 0.0883. The molecule has 3 aromatic rings. The summed E-state index contributed by atoms with van der Waals surface area (Å²) in [5.74, 6) is 0. The van der Waals surface area contributed by atoms with Crippen molar-refractivity contribution in [3.8, 4) is 0 Å². The van der Waals surface area contributed by atoms with Gasteiger partial charge in [-0.2, -0.15) is 0 Å². The number of pyridine rings is 1. The van der Waals surface area contributed by atoms with Crippen LogP contribution in [0.5, 0.6) is 0 Å². The van der Waals surface area contributed by atoms with Crippen LogP contribution >= 0.6 is 0 Å². The van der Waals surface area contributed by atoms with E-state index in [1.165, 1.54) is 0 Å². The van der Waals surface area contributed by atoms with Crippen LogP contribution in [0, 0.1) is 0 Å². The lowest BCUT2D eigenvalue weighted by Gasteiger charge is -2.24. The van der Waals surface area contributed by atoms with Gasteiger partial charge in [-0.05, 0) is 30.4 Å². The number of likely N-dealkylation sites (tertiary alicyclic amines) is 1. The number of benzene rings is 1. The smallest absolute Gasteiger partial charge is 0.317 e. The van der Waals surface area contributed by atoms with Crippen molar-refractivity contribution in [1.82, 2.24) is 29.8 Å². The Labute approximate surface area is 156 Å². The first kappa shape index (κ1) is 17.3. The molecular weight excluding hydrogens is 344 g/mol. The zero-order valence-electron chi connectivity index (χ0n) is 15.2. The summed E-state index contributed by atoms with van der Waals surface area (Å²) in [6.07, 6.45) is 5.33. The SMILES string of the molecule is Cn1c(=O)c(CNC(=O)N2CCC[C@H]2Cn2ccnn2)cc2ccccc21. The number of nitrogens with zero attached hydrogens (tertiary/aromatic N) is 5.